The fourth-order valence-electron chi connectivity index (χ4n) is 2.07. The molecule has 4 nitrogen and oxygen atoms in total. The Balaban J connectivity index is 2.14. The second-order valence-electron chi connectivity index (χ2n) is 4.31. The van der Waals surface area contributed by atoms with Gasteiger partial charge in [-0.3, -0.25) is 4.99 Å². The fraction of sp³-hybridized carbons (Fsp3) is 0.0625. The number of carboxylic acid groups (broad SMARTS) is 1. The van der Waals surface area contributed by atoms with Crippen LogP contribution in [0.25, 0.3) is 5.57 Å². The smallest absolute Gasteiger partial charge is 0.336 e. The van der Waals surface area contributed by atoms with Gasteiger partial charge < -0.3 is 5.11 Å². The molecular weight excluding hydrogens is 284 g/mol. The molecular formula is C16H10N2O2S. The van der Waals surface area contributed by atoms with Gasteiger partial charge in [-0.15, -0.1) is 11.3 Å². The van der Waals surface area contributed by atoms with E-state index in [4.69, 9.17) is 0 Å². The summed E-state index contributed by atoms with van der Waals surface area (Å²) in [5, 5.41) is 11.2. The van der Waals surface area contributed by atoms with E-state index in [9.17, 15) is 9.90 Å². The van der Waals surface area contributed by atoms with Crippen molar-refractivity contribution in [1.82, 2.24) is 4.98 Å². The molecule has 0 saturated heterocycles. The first kappa shape index (κ1) is 13.3. The second-order valence-corrected chi connectivity index (χ2v) is 5.03. The molecule has 0 spiro atoms. The molecule has 1 aliphatic rings. The minimum atomic E-state index is -0.969. The van der Waals surface area contributed by atoms with E-state index in [1.165, 1.54) is 11.3 Å². The van der Waals surface area contributed by atoms with Crippen LogP contribution < -0.4 is 0 Å². The van der Waals surface area contributed by atoms with E-state index >= 15 is 0 Å². The van der Waals surface area contributed by atoms with Gasteiger partial charge in [0.25, 0.3) is 0 Å². The van der Waals surface area contributed by atoms with Crippen LogP contribution in [-0.2, 0) is 0 Å². The van der Waals surface area contributed by atoms with E-state index in [1.807, 2.05) is 17.5 Å². The maximum Gasteiger partial charge on any atom is 0.336 e. The molecule has 0 bridgehead atoms. The zero-order valence-electron chi connectivity index (χ0n) is 10.9. The first-order chi connectivity index (χ1) is 10.3. The SMILES string of the molecule is O=C(O)c1cccc(C#Cc2cscn2)c1C1=CCN=C1. The molecule has 1 aromatic carbocycles. The van der Waals surface area contributed by atoms with Crippen LogP contribution in [-0.4, -0.2) is 28.8 Å². The summed E-state index contributed by atoms with van der Waals surface area (Å²) in [5.41, 5.74) is 4.72. The lowest BCUT2D eigenvalue weighted by molar-refractivity contribution is 0.0696. The topological polar surface area (TPSA) is 62.5 Å². The Morgan fingerprint density at radius 2 is 2.24 bits per heavy atom. The van der Waals surface area contributed by atoms with Crippen molar-refractivity contribution >= 4 is 29.1 Å². The Bertz CT molecular complexity index is 809. The predicted octanol–water partition coefficient (Wildman–Crippen LogP) is 2.71. The van der Waals surface area contributed by atoms with Crippen LogP contribution in [0.1, 0.15) is 27.2 Å². The Hall–Kier alpha value is -2.71. The molecule has 1 N–H and O–H groups in total. The quantitative estimate of drug-likeness (QED) is 0.866. The van der Waals surface area contributed by atoms with Gasteiger partial charge in [-0.25, -0.2) is 9.78 Å². The normalized spacial score (nSPS) is 12.7. The van der Waals surface area contributed by atoms with Crippen molar-refractivity contribution in [3.63, 3.8) is 0 Å². The summed E-state index contributed by atoms with van der Waals surface area (Å²) in [4.78, 5) is 19.7. The van der Waals surface area contributed by atoms with Crippen LogP contribution >= 0.6 is 11.3 Å². The number of benzene rings is 1. The number of aromatic nitrogens is 1. The van der Waals surface area contributed by atoms with Crippen LogP contribution in [0.2, 0.25) is 0 Å². The molecule has 0 saturated carbocycles. The number of carboxylic acids is 1. The molecule has 3 rings (SSSR count). The first-order valence-corrected chi connectivity index (χ1v) is 7.17. The number of hydrogen-bond acceptors (Lipinski definition) is 4. The standard InChI is InChI=1S/C16H10N2O2S/c19-16(20)14-3-1-2-11(4-5-13-9-21-10-18-13)15(14)12-6-7-17-8-12/h1-3,6,8-10H,7H2,(H,19,20). The molecule has 0 radical (unpaired) electrons. The molecule has 0 fully saturated rings. The number of allylic oxidation sites excluding steroid dienone is 1. The maximum absolute atomic E-state index is 11.4. The summed E-state index contributed by atoms with van der Waals surface area (Å²) in [6.07, 6.45) is 3.59. The van der Waals surface area contributed by atoms with Crippen LogP contribution in [0.3, 0.4) is 0 Å². The van der Waals surface area contributed by atoms with Crippen molar-refractivity contribution in [1.29, 1.82) is 0 Å². The molecule has 1 aromatic heterocycles. The van der Waals surface area contributed by atoms with E-state index in [0.29, 0.717) is 23.4 Å². The Morgan fingerprint density at radius 1 is 1.33 bits per heavy atom. The van der Waals surface area contributed by atoms with E-state index in [1.54, 1.807) is 23.9 Å². The highest BCUT2D eigenvalue weighted by molar-refractivity contribution is 7.07. The highest BCUT2D eigenvalue weighted by Crippen LogP contribution is 2.24. The Labute approximate surface area is 125 Å². The van der Waals surface area contributed by atoms with Gasteiger partial charge in [0.05, 0.1) is 17.6 Å². The van der Waals surface area contributed by atoms with Gasteiger partial charge in [-0.05, 0) is 23.6 Å². The Morgan fingerprint density at radius 3 is 2.90 bits per heavy atom. The maximum atomic E-state index is 11.4. The van der Waals surface area contributed by atoms with E-state index < -0.39 is 5.97 Å². The largest absolute Gasteiger partial charge is 0.478 e. The lowest BCUT2D eigenvalue weighted by atomic mass is 9.95. The van der Waals surface area contributed by atoms with Crippen molar-refractivity contribution in [3.8, 4) is 11.8 Å². The summed E-state index contributed by atoms with van der Waals surface area (Å²) < 4.78 is 0. The summed E-state index contributed by atoms with van der Waals surface area (Å²) in [6, 6.07) is 5.09. The van der Waals surface area contributed by atoms with Gasteiger partial charge in [0.2, 0.25) is 0 Å². The number of aliphatic imine (C=N–C) groups is 1. The van der Waals surface area contributed by atoms with E-state index in [0.717, 1.165) is 5.57 Å². The minimum Gasteiger partial charge on any atom is -0.478 e. The van der Waals surface area contributed by atoms with Crippen molar-refractivity contribution < 1.29 is 9.90 Å². The van der Waals surface area contributed by atoms with Gasteiger partial charge >= 0.3 is 5.97 Å². The van der Waals surface area contributed by atoms with Crippen molar-refractivity contribution in [3.05, 3.63) is 57.6 Å². The third-order valence-electron chi connectivity index (χ3n) is 2.99. The monoisotopic (exact) mass is 294 g/mol. The van der Waals surface area contributed by atoms with Crippen LogP contribution in [0.4, 0.5) is 0 Å². The predicted molar refractivity (Wildman–Crippen MR) is 82.8 cm³/mol. The number of aromatic carboxylic acids is 1. The zero-order chi connectivity index (χ0) is 14.7. The number of thiazole rings is 1. The summed E-state index contributed by atoms with van der Waals surface area (Å²) in [5.74, 6) is 5.00. The van der Waals surface area contributed by atoms with Crippen molar-refractivity contribution in [2.75, 3.05) is 6.54 Å². The fourth-order valence-corrected chi connectivity index (χ4v) is 2.56. The molecule has 5 heteroatoms. The number of rotatable bonds is 2. The summed E-state index contributed by atoms with van der Waals surface area (Å²) in [7, 11) is 0. The van der Waals surface area contributed by atoms with Crippen LogP contribution in [0.15, 0.2) is 40.2 Å². The summed E-state index contributed by atoms with van der Waals surface area (Å²) >= 11 is 1.47. The highest BCUT2D eigenvalue weighted by Gasteiger charge is 2.17. The number of nitrogens with zero attached hydrogens (tertiary/aromatic N) is 2. The molecule has 2 heterocycles. The average molecular weight is 294 g/mol. The molecule has 2 aromatic rings. The number of hydrogen-bond donors (Lipinski definition) is 1. The van der Waals surface area contributed by atoms with Gasteiger partial charge in [-0.2, -0.15) is 0 Å². The third kappa shape index (κ3) is 2.76. The average Bonchev–Trinajstić information content (AvgIpc) is 3.18. The summed E-state index contributed by atoms with van der Waals surface area (Å²) in [6.45, 7) is 0.572. The molecule has 21 heavy (non-hydrogen) atoms. The molecule has 1 aliphatic heterocycles. The Kier molecular flexibility index (Phi) is 3.63. The van der Waals surface area contributed by atoms with Crippen LogP contribution in [0, 0.1) is 11.8 Å². The van der Waals surface area contributed by atoms with Gasteiger partial charge in [0.15, 0.2) is 0 Å². The molecule has 0 amide bonds. The third-order valence-corrected chi connectivity index (χ3v) is 3.57. The number of carbonyl (C=O) groups is 1. The van der Waals surface area contributed by atoms with Crippen molar-refractivity contribution in [2.24, 2.45) is 4.99 Å². The van der Waals surface area contributed by atoms with Crippen molar-refractivity contribution in [2.45, 2.75) is 0 Å². The molecule has 0 unspecified atom stereocenters. The van der Waals surface area contributed by atoms with Crippen LogP contribution in [0.5, 0.6) is 0 Å². The molecule has 0 atom stereocenters. The van der Waals surface area contributed by atoms with Gasteiger partial charge in [0, 0.05) is 22.7 Å². The molecule has 102 valence electrons. The lowest BCUT2D eigenvalue weighted by Crippen LogP contribution is -2.04. The zero-order valence-corrected chi connectivity index (χ0v) is 11.7. The van der Waals surface area contributed by atoms with Gasteiger partial charge in [-0.1, -0.05) is 18.1 Å². The second kappa shape index (κ2) is 5.73. The molecule has 0 aliphatic carbocycles. The van der Waals surface area contributed by atoms with E-state index in [2.05, 4.69) is 21.8 Å². The highest BCUT2D eigenvalue weighted by atomic mass is 32.1. The van der Waals surface area contributed by atoms with E-state index in [-0.39, 0.29) is 5.56 Å². The lowest BCUT2D eigenvalue weighted by Gasteiger charge is -2.08. The minimum absolute atomic E-state index is 0.236. The first-order valence-electron chi connectivity index (χ1n) is 6.22. The van der Waals surface area contributed by atoms with Gasteiger partial charge in [0.1, 0.15) is 5.69 Å².